The average molecular weight is 282 g/mol. The molecule has 6 nitrogen and oxygen atoms in total. The summed E-state index contributed by atoms with van der Waals surface area (Å²) in [5.41, 5.74) is 7.70. The summed E-state index contributed by atoms with van der Waals surface area (Å²) in [6.07, 6.45) is 7.01. The minimum atomic E-state index is -0.532. The highest BCUT2D eigenvalue weighted by Crippen LogP contribution is 2.35. The van der Waals surface area contributed by atoms with Crippen molar-refractivity contribution in [3.05, 3.63) is 10.4 Å². The van der Waals surface area contributed by atoms with E-state index in [1.807, 2.05) is 0 Å². The first-order valence-electron chi connectivity index (χ1n) is 7.53. The largest absolute Gasteiger partial charge is 0.468 e. The smallest absolute Gasteiger partial charge is 0.326 e. The molecule has 0 heterocycles. The Bertz CT molecular complexity index is 345. The van der Waals surface area contributed by atoms with Crippen molar-refractivity contribution in [2.24, 2.45) is 11.0 Å². The third-order valence-corrected chi connectivity index (χ3v) is 4.19. The van der Waals surface area contributed by atoms with Crippen LogP contribution in [0, 0.1) is 5.92 Å². The number of carbonyl (C=O) groups excluding carboxylic acids is 1. The quantitative estimate of drug-likeness (QED) is 0.244. The maximum atomic E-state index is 12.1. The lowest BCUT2D eigenvalue weighted by Gasteiger charge is -2.38. The Balaban J connectivity index is 2.51. The van der Waals surface area contributed by atoms with Gasteiger partial charge in [-0.25, -0.2) is 0 Å². The van der Waals surface area contributed by atoms with Crippen LogP contribution in [-0.4, -0.2) is 31.7 Å². The summed E-state index contributed by atoms with van der Waals surface area (Å²) in [5.74, 6) is 0.582. The fourth-order valence-electron chi connectivity index (χ4n) is 3.04. The van der Waals surface area contributed by atoms with Gasteiger partial charge in [0.2, 0.25) is 0 Å². The van der Waals surface area contributed by atoms with Crippen LogP contribution in [0.3, 0.4) is 0 Å². The number of methoxy groups -OCH3 is 1. The number of rotatable bonds is 8. The van der Waals surface area contributed by atoms with E-state index in [1.165, 1.54) is 20.0 Å². The molecule has 0 aromatic rings. The van der Waals surface area contributed by atoms with Gasteiger partial charge in [0.15, 0.2) is 0 Å². The Labute approximate surface area is 120 Å². The number of nitrogens with zero attached hydrogens (tertiary/aromatic N) is 3. The lowest BCUT2D eigenvalue weighted by molar-refractivity contribution is -0.150. The molecular formula is C14H26N4O2. The molecule has 0 radical (unpaired) electrons. The third-order valence-electron chi connectivity index (χ3n) is 4.19. The van der Waals surface area contributed by atoms with Gasteiger partial charge in [0.1, 0.15) is 5.54 Å². The molecule has 0 aliphatic heterocycles. The van der Waals surface area contributed by atoms with E-state index in [1.54, 1.807) is 0 Å². The minimum Gasteiger partial charge on any atom is -0.468 e. The van der Waals surface area contributed by atoms with Crippen molar-refractivity contribution in [2.75, 3.05) is 20.2 Å². The highest BCUT2D eigenvalue weighted by atomic mass is 16.5. The summed E-state index contributed by atoms with van der Waals surface area (Å²) >= 11 is 0. The molecule has 1 aliphatic carbocycles. The maximum absolute atomic E-state index is 12.1. The molecule has 0 bridgehead atoms. The standard InChI is InChI=1S/C14H26N4O2/c1-3-5-12-6-8-14(9-7-12,13(19)20-2)16-10-4-11-17-18-15/h12,16H,3-11H2,1-2H3. The zero-order chi connectivity index (χ0) is 14.8. The van der Waals surface area contributed by atoms with E-state index in [-0.39, 0.29) is 5.97 Å². The zero-order valence-corrected chi connectivity index (χ0v) is 12.6. The highest BCUT2D eigenvalue weighted by molar-refractivity contribution is 5.80. The summed E-state index contributed by atoms with van der Waals surface area (Å²) in [4.78, 5) is 14.8. The SMILES string of the molecule is CCCC1CCC(NCCCN=[N+]=[N-])(C(=O)OC)CC1. The first kappa shape index (κ1) is 16.8. The lowest BCUT2D eigenvalue weighted by atomic mass is 9.75. The van der Waals surface area contributed by atoms with Gasteiger partial charge in [-0.15, -0.1) is 0 Å². The van der Waals surface area contributed by atoms with Gasteiger partial charge < -0.3 is 10.1 Å². The van der Waals surface area contributed by atoms with Crippen LogP contribution in [-0.2, 0) is 9.53 Å². The fourth-order valence-corrected chi connectivity index (χ4v) is 3.04. The van der Waals surface area contributed by atoms with Crippen molar-refractivity contribution in [3.63, 3.8) is 0 Å². The van der Waals surface area contributed by atoms with Crippen molar-refractivity contribution < 1.29 is 9.53 Å². The molecule has 0 saturated heterocycles. The van der Waals surface area contributed by atoms with Gasteiger partial charge in [-0.2, -0.15) is 0 Å². The molecule has 1 saturated carbocycles. The van der Waals surface area contributed by atoms with Crippen molar-refractivity contribution in [1.82, 2.24) is 5.32 Å². The molecule has 0 amide bonds. The van der Waals surface area contributed by atoms with Crippen LogP contribution in [0.15, 0.2) is 5.11 Å². The second-order valence-corrected chi connectivity index (χ2v) is 5.54. The summed E-state index contributed by atoms with van der Waals surface area (Å²) in [5, 5.41) is 6.85. The Morgan fingerprint density at radius 2 is 2.20 bits per heavy atom. The molecule has 1 rings (SSSR count). The monoisotopic (exact) mass is 282 g/mol. The average Bonchev–Trinajstić information content (AvgIpc) is 2.48. The zero-order valence-electron chi connectivity index (χ0n) is 12.6. The van der Waals surface area contributed by atoms with Crippen LogP contribution in [0.5, 0.6) is 0 Å². The van der Waals surface area contributed by atoms with Gasteiger partial charge in [-0.05, 0) is 50.1 Å². The number of ether oxygens (including phenoxy) is 1. The van der Waals surface area contributed by atoms with Crippen molar-refractivity contribution >= 4 is 5.97 Å². The number of carbonyl (C=O) groups is 1. The first-order chi connectivity index (χ1) is 9.68. The predicted octanol–water partition coefficient (Wildman–Crippen LogP) is 3.18. The Morgan fingerprint density at radius 3 is 2.75 bits per heavy atom. The second kappa shape index (κ2) is 8.82. The summed E-state index contributed by atoms with van der Waals surface area (Å²) < 4.78 is 4.98. The molecule has 1 fully saturated rings. The van der Waals surface area contributed by atoms with Crippen LogP contribution < -0.4 is 5.32 Å². The van der Waals surface area contributed by atoms with Gasteiger partial charge in [-0.3, -0.25) is 4.79 Å². The second-order valence-electron chi connectivity index (χ2n) is 5.54. The Morgan fingerprint density at radius 1 is 1.50 bits per heavy atom. The molecule has 0 atom stereocenters. The molecule has 1 N–H and O–H groups in total. The molecule has 6 heteroatoms. The molecule has 0 aromatic carbocycles. The van der Waals surface area contributed by atoms with Gasteiger partial charge in [-0.1, -0.05) is 24.9 Å². The van der Waals surface area contributed by atoms with Crippen LogP contribution in [0.25, 0.3) is 10.4 Å². The van der Waals surface area contributed by atoms with E-state index in [0.29, 0.717) is 13.1 Å². The molecule has 114 valence electrons. The molecular weight excluding hydrogens is 256 g/mol. The predicted molar refractivity (Wildman–Crippen MR) is 78.2 cm³/mol. The first-order valence-corrected chi connectivity index (χ1v) is 7.53. The van der Waals surface area contributed by atoms with Gasteiger partial charge in [0.05, 0.1) is 7.11 Å². The van der Waals surface area contributed by atoms with Crippen LogP contribution in [0.4, 0.5) is 0 Å². The lowest BCUT2D eigenvalue weighted by Crippen LogP contribution is -2.55. The molecule has 1 aliphatic rings. The highest BCUT2D eigenvalue weighted by Gasteiger charge is 2.41. The van der Waals surface area contributed by atoms with Crippen molar-refractivity contribution in [3.8, 4) is 0 Å². The fraction of sp³-hybridized carbons (Fsp3) is 0.929. The van der Waals surface area contributed by atoms with E-state index < -0.39 is 5.54 Å². The van der Waals surface area contributed by atoms with Gasteiger partial charge in [0, 0.05) is 11.5 Å². The number of hydrogen-bond acceptors (Lipinski definition) is 4. The topological polar surface area (TPSA) is 87.1 Å². The molecule has 20 heavy (non-hydrogen) atoms. The third kappa shape index (κ3) is 4.69. The van der Waals surface area contributed by atoms with E-state index >= 15 is 0 Å². The summed E-state index contributed by atoms with van der Waals surface area (Å²) in [7, 11) is 1.45. The van der Waals surface area contributed by atoms with E-state index in [2.05, 4.69) is 22.3 Å². The minimum absolute atomic E-state index is 0.156. The number of nitrogens with one attached hydrogen (secondary N) is 1. The number of hydrogen-bond donors (Lipinski definition) is 1. The Kier molecular flexibility index (Phi) is 7.41. The normalized spacial score (nSPS) is 25.8. The molecule has 0 unspecified atom stereocenters. The molecule has 0 aromatic heterocycles. The van der Waals surface area contributed by atoms with Gasteiger partial charge >= 0.3 is 5.97 Å². The van der Waals surface area contributed by atoms with Crippen LogP contribution in [0.1, 0.15) is 51.9 Å². The summed E-state index contributed by atoms with van der Waals surface area (Å²) in [6, 6.07) is 0. The van der Waals surface area contributed by atoms with Gasteiger partial charge in [0.25, 0.3) is 0 Å². The Hall–Kier alpha value is -1.26. The van der Waals surface area contributed by atoms with Crippen LogP contribution in [0.2, 0.25) is 0 Å². The summed E-state index contributed by atoms with van der Waals surface area (Å²) in [6.45, 7) is 3.34. The number of esters is 1. The van der Waals surface area contributed by atoms with Crippen molar-refractivity contribution in [2.45, 2.75) is 57.4 Å². The number of azide groups is 1. The maximum Gasteiger partial charge on any atom is 0.326 e. The van der Waals surface area contributed by atoms with E-state index in [0.717, 1.165) is 38.0 Å². The van der Waals surface area contributed by atoms with E-state index in [9.17, 15) is 4.79 Å². The van der Waals surface area contributed by atoms with Crippen molar-refractivity contribution in [1.29, 1.82) is 0 Å². The van der Waals surface area contributed by atoms with Crippen LogP contribution >= 0.6 is 0 Å². The molecule has 0 spiro atoms. The van der Waals surface area contributed by atoms with E-state index in [4.69, 9.17) is 10.3 Å².